The Kier molecular flexibility index (Phi) is 4.62. The molecule has 1 unspecified atom stereocenters. The molecule has 1 aliphatic heterocycles. The summed E-state index contributed by atoms with van der Waals surface area (Å²) in [4.78, 5) is 18.8. The molecule has 0 N–H and O–H groups in total. The van der Waals surface area contributed by atoms with Crippen LogP contribution in [0.1, 0.15) is 29.4 Å². The minimum absolute atomic E-state index is 0.0672. The predicted molar refractivity (Wildman–Crippen MR) is 100 cm³/mol. The zero-order valence-electron chi connectivity index (χ0n) is 15.4. The van der Waals surface area contributed by atoms with E-state index >= 15 is 0 Å². The number of amides is 1. The molecule has 6 nitrogen and oxygen atoms in total. The Morgan fingerprint density at radius 3 is 2.59 bits per heavy atom. The number of aryl methyl sites for hydroxylation is 1. The molecular formula is C21H21N3O3. The molecule has 0 spiro atoms. The number of benzene rings is 2. The van der Waals surface area contributed by atoms with Crippen molar-refractivity contribution < 1.29 is 14.1 Å². The Hall–Kier alpha value is -3.15. The van der Waals surface area contributed by atoms with Crippen molar-refractivity contribution in [3.63, 3.8) is 0 Å². The molecule has 27 heavy (non-hydrogen) atoms. The molecular weight excluding hydrogens is 342 g/mol. The molecule has 1 amide bonds. The van der Waals surface area contributed by atoms with Gasteiger partial charge in [-0.05, 0) is 24.6 Å². The van der Waals surface area contributed by atoms with E-state index in [4.69, 9.17) is 9.26 Å². The molecule has 138 valence electrons. The largest absolute Gasteiger partial charge is 0.497 e. The lowest BCUT2D eigenvalue weighted by Gasteiger charge is -2.16. The molecule has 1 fully saturated rings. The number of carbonyl (C=O) groups is 1. The van der Waals surface area contributed by atoms with Crippen molar-refractivity contribution >= 4 is 5.91 Å². The van der Waals surface area contributed by atoms with Crippen LogP contribution in [-0.4, -0.2) is 34.6 Å². The first-order valence-electron chi connectivity index (χ1n) is 8.94. The molecule has 1 aromatic heterocycles. The standard InChI is InChI=1S/C21H21N3O3/c1-14-3-7-16(8-4-14)20-22-21(27-23-20)17-11-19(25)24(13-17)12-15-5-9-18(26-2)10-6-15/h3-10,17H,11-13H2,1-2H3. The number of hydrogen-bond acceptors (Lipinski definition) is 5. The highest BCUT2D eigenvalue weighted by atomic mass is 16.5. The summed E-state index contributed by atoms with van der Waals surface area (Å²) in [5.74, 6) is 1.93. The zero-order chi connectivity index (χ0) is 18.8. The molecule has 1 aliphatic rings. The average molecular weight is 363 g/mol. The molecule has 1 saturated heterocycles. The van der Waals surface area contributed by atoms with E-state index in [9.17, 15) is 4.79 Å². The topological polar surface area (TPSA) is 68.5 Å². The summed E-state index contributed by atoms with van der Waals surface area (Å²) in [6.07, 6.45) is 0.395. The summed E-state index contributed by atoms with van der Waals surface area (Å²) in [6.45, 7) is 3.19. The van der Waals surface area contributed by atoms with Crippen LogP contribution in [0, 0.1) is 6.92 Å². The summed E-state index contributed by atoms with van der Waals surface area (Å²) in [7, 11) is 1.64. The Morgan fingerprint density at radius 2 is 1.89 bits per heavy atom. The molecule has 2 heterocycles. The second-order valence-electron chi connectivity index (χ2n) is 6.85. The summed E-state index contributed by atoms with van der Waals surface area (Å²) in [6, 6.07) is 15.7. The number of carbonyl (C=O) groups excluding carboxylic acids is 1. The molecule has 2 aromatic carbocycles. The van der Waals surface area contributed by atoms with Crippen LogP contribution in [0.15, 0.2) is 53.1 Å². The van der Waals surface area contributed by atoms with Gasteiger partial charge in [-0.1, -0.05) is 47.1 Å². The van der Waals surface area contributed by atoms with E-state index in [2.05, 4.69) is 10.1 Å². The number of nitrogens with zero attached hydrogens (tertiary/aromatic N) is 3. The third-order valence-electron chi connectivity index (χ3n) is 4.85. The van der Waals surface area contributed by atoms with Gasteiger partial charge in [-0.25, -0.2) is 0 Å². The molecule has 1 atom stereocenters. The van der Waals surface area contributed by atoms with Crippen LogP contribution in [0.5, 0.6) is 5.75 Å². The highest BCUT2D eigenvalue weighted by Crippen LogP contribution is 2.30. The fraction of sp³-hybridized carbons (Fsp3) is 0.286. The van der Waals surface area contributed by atoms with Crippen LogP contribution in [0.2, 0.25) is 0 Å². The molecule has 0 radical (unpaired) electrons. The van der Waals surface area contributed by atoms with E-state index in [0.29, 0.717) is 31.2 Å². The van der Waals surface area contributed by atoms with Crippen molar-refractivity contribution in [3.05, 3.63) is 65.5 Å². The smallest absolute Gasteiger partial charge is 0.232 e. The lowest BCUT2D eigenvalue weighted by atomic mass is 10.1. The number of aromatic nitrogens is 2. The van der Waals surface area contributed by atoms with E-state index in [1.165, 1.54) is 5.56 Å². The number of rotatable bonds is 5. The summed E-state index contributed by atoms with van der Waals surface area (Å²) in [5, 5.41) is 4.08. The third-order valence-corrected chi connectivity index (χ3v) is 4.85. The van der Waals surface area contributed by atoms with Crippen LogP contribution >= 0.6 is 0 Å². The second kappa shape index (κ2) is 7.23. The predicted octanol–water partition coefficient (Wildman–Crippen LogP) is 3.57. The van der Waals surface area contributed by atoms with E-state index < -0.39 is 0 Å². The van der Waals surface area contributed by atoms with Gasteiger partial charge in [0.05, 0.1) is 13.0 Å². The highest BCUT2D eigenvalue weighted by Gasteiger charge is 2.34. The molecule has 3 aromatic rings. The quantitative estimate of drug-likeness (QED) is 0.693. The summed E-state index contributed by atoms with van der Waals surface area (Å²) < 4.78 is 10.6. The molecule has 6 heteroatoms. The zero-order valence-corrected chi connectivity index (χ0v) is 15.4. The molecule has 0 aliphatic carbocycles. The number of ether oxygens (including phenoxy) is 1. The Bertz CT molecular complexity index is 932. The van der Waals surface area contributed by atoms with E-state index in [-0.39, 0.29) is 11.8 Å². The van der Waals surface area contributed by atoms with Crippen molar-refractivity contribution in [2.24, 2.45) is 0 Å². The van der Waals surface area contributed by atoms with Gasteiger partial charge in [-0.15, -0.1) is 0 Å². The molecule has 4 rings (SSSR count). The van der Waals surface area contributed by atoms with Crippen molar-refractivity contribution in [1.29, 1.82) is 0 Å². The average Bonchev–Trinajstić information content (AvgIpc) is 3.30. The first-order valence-corrected chi connectivity index (χ1v) is 8.94. The lowest BCUT2D eigenvalue weighted by molar-refractivity contribution is -0.128. The van der Waals surface area contributed by atoms with Crippen LogP contribution in [0.3, 0.4) is 0 Å². The SMILES string of the molecule is COc1ccc(CN2CC(c3nc(-c4ccc(C)cc4)no3)CC2=O)cc1. The van der Waals surface area contributed by atoms with Gasteiger partial charge in [0.25, 0.3) is 0 Å². The monoisotopic (exact) mass is 363 g/mol. The van der Waals surface area contributed by atoms with Crippen LogP contribution < -0.4 is 4.74 Å². The van der Waals surface area contributed by atoms with Gasteiger partial charge < -0.3 is 14.2 Å². The fourth-order valence-corrected chi connectivity index (χ4v) is 3.26. The normalized spacial score (nSPS) is 16.7. The Morgan fingerprint density at radius 1 is 1.15 bits per heavy atom. The first-order chi connectivity index (χ1) is 13.1. The fourth-order valence-electron chi connectivity index (χ4n) is 3.26. The van der Waals surface area contributed by atoms with E-state index in [0.717, 1.165) is 16.9 Å². The van der Waals surface area contributed by atoms with Crippen LogP contribution in [-0.2, 0) is 11.3 Å². The molecule has 0 saturated carbocycles. The second-order valence-corrected chi connectivity index (χ2v) is 6.85. The van der Waals surface area contributed by atoms with Gasteiger partial charge in [0.1, 0.15) is 5.75 Å². The maximum absolute atomic E-state index is 12.4. The summed E-state index contributed by atoms with van der Waals surface area (Å²) in [5.41, 5.74) is 3.16. The maximum atomic E-state index is 12.4. The lowest BCUT2D eigenvalue weighted by Crippen LogP contribution is -2.24. The number of methoxy groups -OCH3 is 1. The van der Waals surface area contributed by atoms with Crippen molar-refractivity contribution in [1.82, 2.24) is 15.0 Å². The van der Waals surface area contributed by atoms with Crippen molar-refractivity contribution in [3.8, 4) is 17.1 Å². The van der Waals surface area contributed by atoms with Gasteiger partial charge in [0, 0.05) is 25.1 Å². The third kappa shape index (κ3) is 3.69. The Balaban J connectivity index is 1.45. The molecule has 0 bridgehead atoms. The van der Waals surface area contributed by atoms with Gasteiger partial charge in [-0.2, -0.15) is 4.98 Å². The van der Waals surface area contributed by atoms with Gasteiger partial charge in [-0.3, -0.25) is 4.79 Å². The number of hydrogen-bond donors (Lipinski definition) is 0. The first kappa shape index (κ1) is 17.3. The Labute approximate surface area is 157 Å². The van der Waals surface area contributed by atoms with Gasteiger partial charge in [0.2, 0.25) is 17.6 Å². The minimum Gasteiger partial charge on any atom is -0.497 e. The van der Waals surface area contributed by atoms with Crippen molar-refractivity contribution in [2.45, 2.75) is 25.8 Å². The summed E-state index contributed by atoms with van der Waals surface area (Å²) >= 11 is 0. The van der Waals surface area contributed by atoms with E-state index in [1.807, 2.05) is 60.4 Å². The van der Waals surface area contributed by atoms with Crippen molar-refractivity contribution in [2.75, 3.05) is 13.7 Å². The van der Waals surface area contributed by atoms with E-state index in [1.54, 1.807) is 7.11 Å². The maximum Gasteiger partial charge on any atom is 0.232 e. The van der Waals surface area contributed by atoms with Gasteiger partial charge >= 0.3 is 0 Å². The van der Waals surface area contributed by atoms with Crippen LogP contribution in [0.4, 0.5) is 0 Å². The minimum atomic E-state index is -0.0672. The van der Waals surface area contributed by atoms with Crippen LogP contribution in [0.25, 0.3) is 11.4 Å². The van der Waals surface area contributed by atoms with Gasteiger partial charge in [0.15, 0.2) is 0 Å². The number of likely N-dealkylation sites (tertiary alicyclic amines) is 1. The highest BCUT2D eigenvalue weighted by molar-refractivity contribution is 5.79.